The average molecular weight is 489 g/mol. The van der Waals surface area contributed by atoms with E-state index in [0.717, 1.165) is 47.4 Å². The van der Waals surface area contributed by atoms with Gasteiger partial charge in [0.1, 0.15) is 0 Å². The van der Waals surface area contributed by atoms with Crippen molar-refractivity contribution in [2.24, 2.45) is 0 Å². The summed E-state index contributed by atoms with van der Waals surface area (Å²) in [6, 6.07) is 5.29. The maximum atomic E-state index is 13.3. The number of fused-ring (bicyclic) bond motifs is 1. The highest BCUT2D eigenvalue weighted by Crippen LogP contribution is 2.32. The molecule has 0 radical (unpaired) electrons. The summed E-state index contributed by atoms with van der Waals surface area (Å²) in [4.78, 5) is 2.43. The number of aromatic nitrogens is 2. The fourth-order valence-corrected chi connectivity index (χ4v) is 5.76. The molecule has 0 unspecified atom stereocenters. The van der Waals surface area contributed by atoms with Crippen LogP contribution in [0.1, 0.15) is 34.1 Å². The highest BCUT2D eigenvalue weighted by molar-refractivity contribution is 7.89. The first-order chi connectivity index (χ1) is 15.7. The maximum Gasteiger partial charge on any atom is 0.243 e. The van der Waals surface area contributed by atoms with Gasteiger partial charge in [-0.05, 0) is 64.0 Å². The lowest BCUT2D eigenvalue weighted by atomic mass is 10.1. The van der Waals surface area contributed by atoms with Crippen molar-refractivity contribution in [2.45, 2.75) is 45.6 Å². The third-order valence-corrected chi connectivity index (χ3v) is 8.06. The maximum absolute atomic E-state index is 13.3. The summed E-state index contributed by atoms with van der Waals surface area (Å²) in [5.74, 6) is 0.772. The van der Waals surface area contributed by atoms with Crippen LogP contribution in [0.2, 0.25) is 0 Å². The van der Waals surface area contributed by atoms with Crippen LogP contribution >= 0.6 is 11.6 Å². The third-order valence-electron chi connectivity index (χ3n) is 5.85. The van der Waals surface area contributed by atoms with Crippen LogP contribution in [-0.4, -0.2) is 48.7 Å². The van der Waals surface area contributed by atoms with Gasteiger partial charge in [-0.15, -0.1) is 0 Å². The zero-order chi connectivity index (χ0) is 24.2. The highest BCUT2D eigenvalue weighted by Gasteiger charge is 2.26. The molecule has 0 fully saturated rings. The predicted octanol–water partition coefficient (Wildman–Crippen LogP) is 5.48. The molecule has 3 rings (SSSR count). The molecule has 1 aliphatic rings. The van der Waals surface area contributed by atoms with Crippen LogP contribution in [0.15, 0.2) is 70.2 Å². The van der Waals surface area contributed by atoms with E-state index < -0.39 is 10.0 Å². The van der Waals surface area contributed by atoms with Crippen LogP contribution in [0.25, 0.3) is 10.9 Å². The van der Waals surface area contributed by atoms with Gasteiger partial charge in [-0.3, -0.25) is 4.68 Å². The molecule has 0 bridgehead atoms. The second-order valence-corrected chi connectivity index (χ2v) is 10.4. The summed E-state index contributed by atoms with van der Waals surface area (Å²) in [5.41, 5.74) is 2.61. The Kier molecular flexibility index (Phi) is 8.21. The van der Waals surface area contributed by atoms with E-state index in [-0.39, 0.29) is 0 Å². The van der Waals surface area contributed by atoms with Crippen LogP contribution in [-0.2, 0) is 16.6 Å². The summed E-state index contributed by atoms with van der Waals surface area (Å²) < 4.78 is 30.0. The number of benzene rings is 1. The molecule has 2 aromatic rings. The van der Waals surface area contributed by atoms with Crippen molar-refractivity contribution in [1.29, 1.82) is 0 Å². The molecular formula is C25H33ClN4O2S. The van der Waals surface area contributed by atoms with Crippen molar-refractivity contribution in [3.05, 3.63) is 65.3 Å². The normalized spacial score (nSPS) is 15.9. The summed E-state index contributed by atoms with van der Waals surface area (Å²) in [7, 11) is -3.58. The molecule has 2 heterocycles. The Morgan fingerprint density at radius 2 is 2.00 bits per heavy atom. The molecule has 0 N–H and O–H groups in total. The molecule has 1 aromatic heterocycles. The minimum atomic E-state index is -3.58. The smallest absolute Gasteiger partial charge is 0.243 e. The number of anilines is 1. The zero-order valence-electron chi connectivity index (χ0n) is 19.9. The van der Waals surface area contributed by atoms with Gasteiger partial charge in [-0.1, -0.05) is 42.0 Å². The van der Waals surface area contributed by atoms with Crippen LogP contribution in [0, 0.1) is 0 Å². The first-order valence-electron chi connectivity index (χ1n) is 11.3. The van der Waals surface area contributed by atoms with E-state index in [2.05, 4.69) is 25.3 Å². The molecule has 0 aliphatic carbocycles. The van der Waals surface area contributed by atoms with E-state index >= 15 is 0 Å². The monoisotopic (exact) mass is 488 g/mol. The quantitative estimate of drug-likeness (QED) is 0.346. The lowest BCUT2D eigenvalue weighted by Crippen LogP contribution is -2.33. The average Bonchev–Trinajstić information content (AvgIpc) is 3.16. The third kappa shape index (κ3) is 5.26. The lowest BCUT2D eigenvalue weighted by molar-refractivity contribution is 0.437. The molecule has 178 valence electrons. The standard InChI is InChI=1S/C25H33ClN4O2S/c1-6-12-23(26)22(19(4)5)18-30-24-14-13-20(33(31,32)29-15-10-9-11-16-29)17-21(24)25(27-30)28(7-2)8-3/h6,9-10,12-14,17H,4,7-8,11,15-16,18H2,1-3,5H3/b12-6-,23-22+. The summed E-state index contributed by atoms with van der Waals surface area (Å²) in [6.45, 7) is 14.9. The van der Waals surface area contributed by atoms with Gasteiger partial charge in [0.2, 0.25) is 10.0 Å². The Bertz CT molecular complexity index is 1220. The summed E-state index contributed by atoms with van der Waals surface area (Å²) in [6.07, 6.45) is 8.39. The van der Waals surface area contributed by atoms with Gasteiger partial charge in [0.15, 0.2) is 5.82 Å². The number of hydrogen-bond donors (Lipinski definition) is 0. The van der Waals surface area contributed by atoms with Gasteiger partial charge in [-0.2, -0.15) is 9.40 Å². The fourth-order valence-electron chi connectivity index (χ4n) is 3.98. The van der Waals surface area contributed by atoms with Crippen molar-refractivity contribution < 1.29 is 8.42 Å². The number of allylic oxidation sites excluding steroid dienone is 5. The minimum absolute atomic E-state index is 0.292. The molecule has 0 atom stereocenters. The van der Waals surface area contributed by atoms with Crippen molar-refractivity contribution in [3.63, 3.8) is 0 Å². The van der Waals surface area contributed by atoms with E-state index in [9.17, 15) is 8.42 Å². The van der Waals surface area contributed by atoms with E-state index in [0.29, 0.717) is 29.6 Å². The molecular weight excluding hydrogens is 456 g/mol. The molecule has 0 amide bonds. The van der Waals surface area contributed by atoms with Gasteiger partial charge < -0.3 is 4.90 Å². The van der Waals surface area contributed by atoms with Gasteiger partial charge in [0, 0.05) is 36.6 Å². The van der Waals surface area contributed by atoms with Crippen molar-refractivity contribution in [3.8, 4) is 0 Å². The second-order valence-electron chi connectivity index (χ2n) is 8.06. The molecule has 1 aliphatic heterocycles. The lowest BCUT2D eigenvalue weighted by Gasteiger charge is -2.23. The molecule has 33 heavy (non-hydrogen) atoms. The molecule has 0 saturated carbocycles. The Balaban J connectivity index is 2.16. The SMILES string of the molecule is C=C(C)/C(Cn1nc(N(CC)CC)c2cc(S(=O)(=O)N3CC=CCC3)ccc21)=C(Cl)\C=C/C. The second kappa shape index (κ2) is 10.7. The van der Waals surface area contributed by atoms with Crippen LogP contribution in [0.5, 0.6) is 0 Å². The number of nitrogens with zero attached hydrogens (tertiary/aromatic N) is 4. The first kappa shape index (κ1) is 25.3. The summed E-state index contributed by atoms with van der Waals surface area (Å²) in [5, 5.41) is 6.33. The van der Waals surface area contributed by atoms with Gasteiger partial charge >= 0.3 is 0 Å². The molecule has 1 aromatic carbocycles. The minimum Gasteiger partial charge on any atom is -0.355 e. The zero-order valence-corrected chi connectivity index (χ0v) is 21.5. The fraction of sp³-hybridized carbons (Fsp3) is 0.400. The van der Waals surface area contributed by atoms with E-state index in [1.54, 1.807) is 12.1 Å². The Labute approximate surface area is 202 Å². The number of hydrogen-bond acceptors (Lipinski definition) is 4. The number of sulfonamides is 1. The van der Waals surface area contributed by atoms with Crippen molar-refractivity contribution in [2.75, 3.05) is 31.1 Å². The van der Waals surface area contributed by atoms with E-state index in [1.807, 2.05) is 48.9 Å². The Hall–Kier alpha value is -2.35. The van der Waals surface area contributed by atoms with E-state index in [4.69, 9.17) is 16.7 Å². The number of halogens is 1. The van der Waals surface area contributed by atoms with Crippen LogP contribution < -0.4 is 4.90 Å². The van der Waals surface area contributed by atoms with Crippen LogP contribution in [0.3, 0.4) is 0 Å². The molecule has 0 saturated heterocycles. The van der Waals surface area contributed by atoms with Gasteiger partial charge in [0.25, 0.3) is 0 Å². The molecule has 0 spiro atoms. The Morgan fingerprint density at radius 3 is 2.58 bits per heavy atom. The van der Waals surface area contributed by atoms with E-state index in [1.165, 1.54) is 4.31 Å². The first-order valence-corrected chi connectivity index (χ1v) is 13.1. The highest BCUT2D eigenvalue weighted by atomic mass is 35.5. The molecule has 6 nitrogen and oxygen atoms in total. The Morgan fingerprint density at radius 1 is 1.27 bits per heavy atom. The molecule has 8 heteroatoms. The predicted molar refractivity (Wildman–Crippen MR) is 138 cm³/mol. The van der Waals surface area contributed by atoms with Crippen LogP contribution in [0.4, 0.5) is 5.82 Å². The van der Waals surface area contributed by atoms with Gasteiger partial charge in [0.05, 0.1) is 17.0 Å². The summed E-state index contributed by atoms with van der Waals surface area (Å²) >= 11 is 6.53. The largest absolute Gasteiger partial charge is 0.355 e. The van der Waals surface area contributed by atoms with Gasteiger partial charge in [-0.25, -0.2) is 8.42 Å². The topological polar surface area (TPSA) is 58.4 Å². The van der Waals surface area contributed by atoms with Crippen molar-refractivity contribution in [1.82, 2.24) is 14.1 Å². The van der Waals surface area contributed by atoms with Crippen molar-refractivity contribution >= 4 is 38.3 Å². The number of rotatable bonds is 9.